The summed E-state index contributed by atoms with van der Waals surface area (Å²) in [4.78, 5) is 15.7. The highest BCUT2D eigenvalue weighted by Crippen LogP contribution is 2.21. The highest BCUT2D eigenvalue weighted by molar-refractivity contribution is 7.07. The number of imidazole rings is 1. The molecule has 0 saturated carbocycles. The number of thiophene rings is 1. The predicted octanol–water partition coefficient (Wildman–Crippen LogP) is 2.94. The van der Waals surface area contributed by atoms with E-state index < -0.39 is 5.97 Å². The molecule has 0 spiro atoms. The molecule has 1 aromatic carbocycles. The fourth-order valence-corrected chi connectivity index (χ4v) is 3.24. The van der Waals surface area contributed by atoms with Gasteiger partial charge in [0.15, 0.2) is 0 Å². The number of carboxylic acids is 1. The maximum atomic E-state index is 11.1. The van der Waals surface area contributed by atoms with Gasteiger partial charge in [-0.1, -0.05) is 12.1 Å². The van der Waals surface area contributed by atoms with Gasteiger partial charge >= 0.3 is 5.97 Å². The van der Waals surface area contributed by atoms with Crippen molar-refractivity contribution in [2.45, 2.75) is 19.0 Å². The molecule has 0 saturated heterocycles. The van der Waals surface area contributed by atoms with E-state index in [1.165, 1.54) is 0 Å². The average Bonchev–Trinajstić information content (AvgIpc) is 3.12. The number of aryl methyl sites for hydroxylation is 1. The predicted molar refractivity (Wildman–Crippen MR) is 86.9 cm³/mol. The zero-order valence-corrected chi connectivity index (χ0v) is 13.0. The molecule has 0 aliphatic rings. The van der Waals surface area contributed by atoms with Crippen LogP contribution in [0.5, 0.6) is 0 Å². The van der Waals surface area contributed by atoms with E-state index in [2.05, 4.69) is 10.3 Å². The first-order valence-corrected chi connectivity index (χ1v) is 7.97. The lowest BCUT2D eigenvalue weighted by molar-refractivity contribution is -0.137. The molecule has 0 radical (unpaired) electrons. The lowest BCUT2D eigenvalue weighted by Gasteiger charge is -2.15. The topological polar surface area (TPSA) is 67.2 Å². The van der Waals surface area contributed by atoms with E-state index in [4.69, 9.17) is 5.11 Å². The summed E-state index contributed by atoms with van der Waals surface area (Å²) in [6.07, 6.45) is 0.0562. The van der Waals surface area contributed by atoms with Crippen molar-refractivity contribution >= 4 is 28.3 Å². The smallest absolute Gasteiger partial charge is 0.305 e. The van der Waals surface area contributed by atoms with Gasteiger partial charge in [0, 0.05) is 13.1 Å². The van der Waals surface area contributed by atoms with Gasteiger partial charge in [-0.05, 0) is 34.5 Å². The Kier molecular flexibility index (Phi) is 4.22. The molecule has 0 bridgehead atoms. The molecule has 3 aromatic rings. The molecule has 3 rings (SSSR count). The molecule has 0 aliphatic heterocycles. The number of rotatable bonds is 6. The van der Waals surface area contributed by atoms with Crippen LogP contribution >= 0.6 is 11.3 Å². The summed E-state index contributed by atoms with van der Waals surface area (Å²) in [6.45, 7) is 0.527. The van der Waals surface area contributed by atoms with Crippen molar-refractivity contribution in [1.82, 2.24) is 14.9 Å². The van der Waals surface area contributed by atoms with E-state index in [0.717, 1.165) is 22.4 Å². The van der Waals surface area contributed by atoms with Gasteiger partial charge in [0.25, 0.3) is 0 Å². The minimum atomic E-state index is -0.811. The molecule has 1 unspecified atom stereocenters. The summed E-state index contributed by atoms with van der Waals surface area (Å²) < 4.78 is 2.04. The van der Waals surface area contributed by atoms with Crippen LogP contribution in [0.2, 0.25) is 0 Å². The van der Waals surface area contributed by atoms with Gasteiger partial charge in [0.2, 0.25) is 0 Å². The molecule has 0 fully saturated rings. The highest BCUT2D eigenvalue weighted by atomic mass is 32.1. The highest BCUT2D eigenvalue weighted by Gasteiger charge is 2.17. The number of hydrogen-bond acceptors (Lipinski definition) is 4. The summed E-state index contributed by atoms with van der Waals surface area (Å²) >= 11 is 1.57. The Bertz CT molecular complexity index is 780. The Hall–Kier alpha value is -2.18. The Labute approximate surface area is 132 Å². The Morgan fingerprint density at radius 3 is 2.91 bits per heavy atom. The van der Waals surface area contributed by atoms with Crippen molar-refractivity contribution in [3.63, 3.8) is 0 Å². The molecule has 2 aromatic heterocycles. The first kappa shape index (κ1) is 14.7. The summed E-state index contributed by atoms with van der Waals surface area (Å²) in [7, 11) is 1.98. The van der Waals surface area contributed by atoms with Crippen LogP contribution in [0.3, 0.4) is 0 Å². The Morgan fingerprint density at radius 1 is 1.41 bits per heavy atom. The SMILES string of the molecule is Cn1c(CNC(CC(=O)O)c2ccsc2)nc2ccccc21. The second-order valence-corrected chi connectivity index (χ2v) is 5.94. The number of aliphatic carboxylic acids is 1. The lowest BCUT2D eigenvalue weighted by atomic mass is 10.1. The molecule has 0 aliphatic carbocycles. The molecular formula is C16H17N3O2S. The van der Waals surface area contributed by atoms with E-state index in [0.29, 0.717) is 6.54 Å². The zero-order valence-electron chi connectivity index (χ0n) is 12.2. The van der Waals surface area contributed by atoms with Gasteiger partial charge in [-0.25, -0.2) is 4.98 Å². The summed E-state index contributed by atoms with van der Waals surface area (Å²) in [5, 5.41) is 16.3. The van der Waals surface area contributed by atoms with Crippen LogP contribution in [0.25, 0.3) is 11.0 Å². The third kappa shape index (κ3) is 3.03. The van der Waals surface area contributed by atoms with Crippen molar-refractivity contribution in [2.75, 3.05) is 0 Å². The van der Waals surface area contributed by atoms with E-state index in [1.807, 2.05) is 52.7 Å². The quantitative estimate of drug-likeness (QED) is 0.734. The van der Waals surface area contributed by atoms with Crippen molar-refractivity contribution in [1.29, 1.82) is 0 Å². The second-order valence-electron chi connectivity index (χ2n) is 5.16. The minimum Gasteiger partial charge on any atom is -0.481 e. The number of benzene rings is 1. The maximum absolute atomic E-state index is 11.1. The number of nitrogens with zero attached hydrogens (tertiary/aromatic N) is 2. The zero-order chi connectivity index (χ0) is 15.5. The normalized spacial score (nSPS) is 12.6. The van der Waals surface area contributed by atoms with Crippen molar-refractivity contribution in [3.8, 4) is 0 Å². The Morgan fingerprint density at radius 2 is 2.23 bits per heavy atom. The minimum absolute atomic E-state index is 0.0562. The molecule has 2 N–H and O–H groups in total. The van der Waals surface area contributed by atoms with Gasteiger partial charge < -0.3 is 15.0 Å². The molecule has 0 amide bonds. The number of carboxylic acid groups (broad SMARTS) is 1. The van der Waals surface area contributed by atoms with Crippen LogP contribution < -0.4 is 5.32 Å². The molecule has 114 valence electrons. The van der Waals surface area contributed by atoms with Gasteiger partial charge in [-0.2, -0.15) is 11.3 Å². The largest absolute Gasteiger partial charge is 0.481 e. The van der Waals surface area contributed by atoms with Crippen LogP contribution in [-0.2, 0) is 18.4 Å². The summed E-state index contributed by atoms with van der Waals surface area (Å²) in [6, 6.07) is 9.71. The fraction of sp³-hybridized carbons (Fsp3) is 0.250. The van der Waals surface area contributed by atoms with Gasteiger partial charge in [-0.3, -0.25) is 4.79 Å². The van der Waals surface area contributed by atoms with Crippen LogP contribution in [0.15, 0.2) is 41.1 Å². The van der Waals surface area contributed by atoms with E-state index >= 15 is 0 Å². The first-order chi connectivity index (χ1) is 10.6. The van der Waals surface area contributed by atoms with E-state index in [1.54, 1.807) is 11.3 Å². The molecular weight excluding hydrogens is 298 g/mol. The maximum Gasteiger partial charge on any atom is 0.305 e. The van der Waals surface area contributed by atoms with Crippen molar-refractivity contribution in [2.24, 2.45) is 7.05 Å². The van der Waals surface area contributed by atoms with Gasteiger partial charge in [-0.15, -0.1) is 0 Å². The lowest BCUT2D eigenvalue weighted by Crippen LogP contribution is -2.24. The number of fused-ring (bicyclic) bond motifs is 1. The van der Waals surface area contributed by atoms with Crippen LogP contribution in [-0.4, -0.2) is 20.6 Å². The van der Waals surface area contributed by atoms with Gasteiger partial charge in [0.1, 0.15) is 5.82 Å². The fourth-order valence-electron chi connectivity index (χ4n) is 2.52. The number of nitrogens with one attached hydrogen (secondary N) is 1. The number of hydrogen-bond donors (Lipinski definition) is 2. The molecule has 6 heteroatoms. The van der Waals surface area contributed by atoms with Crippen molar-refractivity contribution < 1.29 is 9.90 Å². The van der Waals surface area contributed by atoms with E-state index in [9.17, 15) is 4.79 Å². The van der Waals surface area contributed by atoms with Gasteiger partial charge in [0.05, 0.1) is 24.0 Å². The second kappa shape index (κ2) is 6.29. The molecule has 2 heterocycles. The van der Waals surface area contributed by atoms with Crippen LogP contribution in [0.1, 0.15) is 23.9 Å². The Balaban J connectivity index is 1.78. The standard InChI is InChI=1S/C16H17N3O2S/c1-19-14-5-3-2-4-12(14)18-15(19)9-17-13(8-16(20)21)11-6-7-22-10-11/h2-7,10,13,17H,8-9H2,1H3,(H,20,21). The molecule has 22 heavy (non-hydrogen) atoms. The third-order valence-electron chi connectivity index (χ3n) is 3.71. The monoisotopic (exact) mass is 315 g/mol. The molecule has 5 nitrogen and oxygen atoms in total. The summed E-state index contributed by atoms with van der Waals surface area (Å²) in [5.74, 6) is 0.0838. The summed E-state index contributed by atoms with van der Waals surface area (Å²) in [5.41, 5.74) is 3.03. The number of para-hydroxylation sites is 2. The van der Waals surface area contributed by atoms with Crippen molar-refractivity contribution in [3.05, 3.63) is 52.5 Å². The average molecular weight is 315 g/mol. The number of carbonyl (C=O) groups is 1. The number of aromatic nitrogens is 2. The third-order valence-corrected chi connectivity index (χ3v) is 4.41. The van der Waals surface area contributed by atoms with Crippen LogP contribution in [0.4, 0.5) is 0 Å². The first-order valence-electron chi connectivity index (χ1n) is 7.03. The molecule has 1 atom stereocenters. The van der Waals surface area contributed by atoms with Crippen LogP contribution in [0, 0.1) is 0 Å². The van der Waals surface area contributed by atoms with E-state index in [-0.39, 0.29) is 12.5 Å².